The molecule has 0 bridgehead atoms. The molecule has 0 aliphatic carbocycles. The molecule has 10 nitrogen and oxygen atoms in total. The number of aliphatic carboxylic acids is 1. The number of hydrogen-bond donors (Lipinski definition) is 1. The number of thiazole rings is 1. The van der Waals surface area contributed by atoms with Crippen molar-refractivity contribution < 1.29 is 24.2 Å². The number of fused-ring (bicyclic) bond motifs is 2. The largest absolute Gasteiger partial charge is 0.479 e. The number of piperidine rings is 1. The molecule has 1 amide bonds. The standard InChI is InChI=1S/C41H48ClN5O5S/c1-23-19-30-36(33(24-9-12-27(42)13-10-24)32(23)35(38(48)49)51-40(2,3)4)53-37(43-30)26-11-14-31-29(20-26)34(44-45(31)8)25-15-17-46(18-16-25)28-21-47(22-28)39(50)52-41(5,6)7/h9-14,19-20,25,28,35H,15-18,21-22H2,1-8H3,(H,48,49)/t35-/m0/s1. The lowest BCUT2D eigenvalue weighted by atomic mass is 9.90. The minimum atomic E-state index is -1.18. The number of ether oxygens (including phenoxy) is 2. The molecule has 0 spiro atoms. The van der Waals surface area contributed by atoms with Crippen LogP contribution in [0.3, 0.4) is 0 Å². The fourth-order valence-electron chi connectivity index (χ4n) is 7.59. The summed E-state index contributed by atoms with van der Waals surface area (Å²) < 4.78 is 14.6. The molecule has 5 aromatic rings. The second kappa shape index (κ2) is 14.0. The molecule has 2 aliphatic heterocycles. The van der Waals surface area contributed by atoms with Crippen LogP contribution in [0, 0.1) is 6.92 Å². The maximum atomic E-state index is 12.8. The number of aryl methyl sites for hydroxylation is 2. The second-order valence-corrected chi connectivity index (χ2v) is 17.8. The number of rotatable bonds is 7. The van der Waals surface area contributed by atoms with E-state index in [0.717, 1.165) is 80.0 Å². The van der Waals surface area contributed by atoms with Crippen LogP contribution in [0.25, 0.3) is 42.8 Å². The molecule has 2 aliphatic rings. The summed E-state index contributed by atoms with van der Waals surface area (Å²) in [6.45, 7) is 16.5. The van der Waals surface area contributed by atoms with Gasteiger partial charge in [0.25, 0.3) is 0 Å². The third-order valence-electron chi connectivity index (χ3n) is 10.1. The van der Waals surface area contributed by atoms with Crippen LogP contribution >= 0.6 is 22.9 Å². The molecule has 2 aromatic heterocycles. The van der Waals surface area contributed by atoms with E-state index < -0.39 is 23.3 Å². The molecule has 0 radical (unpaired) electrons. The molecule has 53 heavy (non-hydrogen) atoms. The number of carboxylic acid groups (broad SMARTS) is 1. The molecular weight excluding hydrogens is 710 g/mol. The van der Waals surface area contributed by atoms with Gasteiger partial charge in [0.2, 0.25) is 0 Å². The van der Waals surface area contributed by atoms with Gasteiger partial charge in [0.1, 0.15) is 10.6 Å². The second-order valence-electron chi connectivity index (χ2n) is 16.4. The zero-order valence-electron chi connectivity index (χ0n) is 31.7. The van der Waals surface area contributed by atoms with E-state index in [-0.39, 0.29) is 6.09 Å². The first-order valence-electron chi connectivity index (χ1n) is 18.3. The first-order valence-corrected chi connectivity index (χ1v) is 19.4. The van der Waals surface area contributed by atoms with E-state index in [1.54, 1.807) is 16.2 Å². The van der Waals surface area contributed by atoms with E-state index >= 15 is 0 Å². The minimum absolute atomic E-state index is 0.233. The Morgan fingerprint density at radius 2 is 1.62 bits per heavy atom. The van der Waals surface area contributed by atoms with Gasteiger partial charge >= 0.3 is 12.1 Å². The number of hydrogen-bond acceptors (Lipinski definition) is 8. The number of benzene rings is 3. The SMILES string of the molecule is Cc1cc2nc(-c3ccc4c(c3)c(C3CCN(C5CN(C(=O)OC(C)(C)C)C5)CC3)nn4C)sc2c(-c2ccc(Cl)cc2)c1[C@H](OC(C)(C)C)C(=O)O. The van der Waals surface area contributed by atoms with Crippen LogP contribution in [0.4, 0.5) is 4.79 Å². The fourth-order valence-corrected chi connectivity index (χ4v) is 8.84. The average Bonchev–Trinajstić information content (AvgIpc) is 3.62. The van der Waals surface area contributed by atoms with Crippen LogP contribution in [0.15, 0.2) is 48.5 Å². The van der Waals surface area contributed by atoms with Crippen LogP contribution in [0.5, 0.6) is 0 Å². The van der Waals surface area contributed by atoms with Crippen molar-refractivity contribution >= 4 is 56.1 Å². The first kappa shape index (κ1) is 37.3. The maximum absolute atomic E-state index is 12.8. The van der Waals surface area contributed by atoms with Crippen LogP contribution in [-0.2, 0) is 21.3 Å². The van der Waals surface area contributed by atoms with Crippen LogP contribution in [0.1, 0.15) is 83.2 Å². The summed E-state index contributed by atoms with van der Waals surface area (Å²) in [6, 6.07) is 16.3. The van der Waals surface area contributed by atoms with Gasteiger partial charge in [0.15, 0.2) is 6.10 Å². The predicted octanol–water partition coefficient (Wildman–Crippen LogP) is 9.22. The summed E-state index contributed by atoms with van der Waals surface area (Å²) in [5.74, 6) is -0.724. The Kier molecular flexibility index (Phi) is 9.84. The zero-order valence-corrected chi connectivity index (χ0v) is 33.3. The molecule has 0 unspecified atom stereocenters. The fraction of sp³-hybridized carbons (Fsp3) is 0.463. The highest BCUT2D eigenvalue weighted by Crippen LogP contribution is 2.45. The number of carbonyl (C=O) groups is 2. The van der Waals surface area contributed by atoms with Crippen molar-refractivity contribution in [3.63, 3.8) is 0 Å². The summed E-state index contributed by atoms with van der Waals surface area (Å²) in [5.41, 5.74) is 5.87. The number of likely N-dealkylation sites (tertiary alicyclic amines) is 2. The first-order chi connectivity index (χ1) is 25.0. The molecule has 1 atom stereocenters. The summed E-state index contributed by atoms with van der Waals surface area (Å²) in [5, 5.41) is 18.1. The molecule has 7 rings (SSSR count). The monoisotopic (exact) mass is 757 g/mol. The lowest BCUT2D eigenvalue weighted by Crippen LogP contribution is -2.62. The predicted molar refractivity (Wildman–Crippen MR) is 211 cm³/mol. The van der Waals surface area contributed by atoms with Gasteiger partial charge in [-0.1, -0.05) is 23.7 Å². The highest BCUT2D eigenvalue weighted by Gasteiger charge is 2.39. The Morgan fingerprint density at radius 3 is 2.25 bits per heavy atom. The third-order valence-corrected chi connectivity index (χ3v) is 11.5. The number of halogens is 1. The minimum Gasteiger partial charge on any atom is -0.479 e. The van der Waals surface area contributed by atoms with E-state index in [0.29, 0.717) is 35.6 Å². The molecule has 2 saturated heterocycles. The number of amides is 1. The Bertz CT molecular complexity index is 2180. The smallest absolute Gasteiger partial charge is 0.410 e. The van der Waals surface area contributed by atoms with Gasteiger partial charge in [-0.25, -0.2) is 14.6 Å². The van der Waals surface area contributed by atoms with Crippen molar-refractivity contribution in [1.82, 2.24) is 24.6 Å². The van der Waals surface area contributed by atoms with Crippen molar-refractivity contribution in [2.24, 2.45) is 7.05 Å². The highest BCUT2D eigenvalue weighted by molar-refractivity contribution is 7.22. The normalized spacial score (nSPS) is 17.0. The maximum Gasteiger partial charge on any atom is 0.410 e. The van der Waals surface area contributed by atoms with Gasteiger partial charge in [-0.05, 0) is 122 Å². The van der Waals surface area contributed by atoms with E-state index in [1.165, 1.54) is 0 Å². The molecular formula is C41H48ClN5O5S. The Hall–Kier alpha value is -4.03. The third kappa shape index (κ3) is 7.67. The molecule has 2 fully saturated rings. The van der Waals surface area contributed by atoms with E-state index in [1.807, 2.05) is 90.5 Å². The lowest BCUT2D eigenvalue weighted by molar-refractivity contribution is -0.160. The molecule has 4 heterocycles. The van der Waals surface area contributed by atoms with Crippen molar-refractivity contribution in [2.45, 2.75) is 90.6 Å². The van der Waals surface area contributed by atoms with Gasteiger partial charge in [-0.3, -0.25) is 9.58 Å². The van der Waals surface area contributed by atoms with Crippen molar-refractivity contribution in [3.05, 3.63) is 70.4 Å². The van der Waals surface area contributed by atoms with Crippen LogP contribution in [0.2, 0.25) is 5.02 Å². The molecule has 1 N–H and O–H groups in total. The number of carboxylic acids is 1. The van der Waals surface area contributed by atoms with Gasteiger partial charge < -0.3 is 19.5 Å². The van der Waals surface area contributed by atoms with Crippen molar-refractivity contribution in [1.29, 1.82) is 0 Å². The van der Waals surface area contributed by atoms with E-state index in [2.05, 4.69) is 23.1 Å². The van der Waals surface area contributed by atoms with Gasteiger partial charge in [0.05, 0.1) is 27.0 Å². The topological polar surface area (TPSA) is 110 Å². The number of carbonyl (C=O) groups excluding carboxylic acids is 1. The average molecular weight is 758 g/mol. The molecule has 3 aromatic carbocycles. The van der Waals surface area contributed by atoms with Crippen LogP contribution in [-0.4, -0.2) is 85.2 Å². The molecule has 0 saturated carbocycles. The quantitative estimate of drug-likeness (QED) is 0.175. The zero-order chi connectivity index (χ0) is 38.0. The number of aromatic nitrogens is 3. The van der Waals surface area contributed by atoms with Crippen LogP contribution < -0.4 is 0 Å². The highest BCUT2D eigenvalue weighted by atomic mass is 35.5. The van der Waals surface area contributed by atoms with Gasteiger partial charge in [-0.15, -0.1) is 11.3 Å². The lowest BCUT2D eigenvalue weighted by Gasteiger charge is -2.47. The summed E-state index contributed by atoms with van der Waals surface area (Å²) in [6.07, 6.45) is 0.579. The molecule has 280 valence electrons. The molecule has 12 heteroatoms. The summed E-state index contributed by atoms with van der Waals surface area (Å²) in [7, 11) is 2.00. The summed E-state index contributed by atoms with van der Waals surface area (Å²) >= 11 is 7.86. The van der Waals surface area contributed by atoms with E-state index in [4.69, 9.17) is 31.2 Å². The Labute approximate surface area is 319 Å². The van der Waals surface area contributed by atoms with Crippen molar-refractivity contribution in [2.75, 3.05) is 26.2 Å². The van der Waals surface area contributed by atoms with Gasteiger partial charge in [-0.2, -0.15) is 5.10 Å². The number of nitrogens with zero attached hydrogens (tertiary/aromatic N) is 5. The Balaban J connectivity index is 1.19. The van der Waals surface area contributed by atoms with Crippen molar-refractivity contribution in [3.8, 4) is 21.7 Å². The summed E-state index contributed by atoms with van der Waals surface area (Å²) in [4.78, 5) is 34.7. The van der Waals surface area contributed by atoms with E-state index in [9.17, 15) is 14.7 Å². The Morgan fingerprint density at radius 1 is 0.962 bits per heavy atom. The van der Waals surface area contributed by atoms with Gasteiger partial charge in [0, 0.05) is 59.2 Å².